The maximum Gasteiger partial charge on any atom is 0.0804 e. The lowest BCUT2D eigenvalue weighted by Gasteiger charge is -2.23. The number of rotatable bonds is 10. The van der Waals surface area contributed by atoms with E-state index in [4.69, 9.17) is 0 Å². The Bertz CT molecular complexity index is 2470. The van der Waals surface area contributed by atoms with Gasteiger partial charge in [-0.3, -0.25) is 0 Å². The van der Waals surface area contributed by atoms with Gasteiger partial charge in [-0.1, -0.05) is 105 Å². The Kier molecular flexibility index (Phi) is 7.64. The fourth-order valence-corrected chi connectivity index (χ4v) is 18.8. The van der Waals surface area contributed by atoms with E-state index in [-0.39, 0.29) is 0 Å². The van der Waals surface area contributed by atoms with Crippen LogP contribution >= 0.6 is 22.7 Å². The van der Waals surface area contributed by atoms with E-state index in [9.17, 15) is 0 Å². The van der Waals surface area contributed by atoms with Crippen molar-refractivity contribution in [1.82, 2.24) is 9.13 Å². The molecule has 0 aliphatic heterocycles. The quantitative estimate of drug-likeness (QED) is 0.122. The Balaban J connectivity index is 1.74. The van der Waals surface area contributed by atoms with Crippen molar-refractivity contribution in [2.45, 2.75) is 131 Å². The number of aryl methyl sites for hydroxylation is 2. The molecule has 52 heavy (non-hydrogen) atoms. The normalized spacial score (nSPS) is 14.4. The lowest BCUT2D eigenvalue weighted by molar-refractivity contribution is 0.666. The molecule has 0 amide bonds. The third kappa shape index (κ3) is 4.66. The van der Waals surface area contributed by atoms with Gasteiger partial charge in [-0.25, -0.2) is 0 Å². The van der Waals surface area contributed by atoms with E-state index < -0.39 is 32.3 Å². The Morgan fingerprint density at radius 1 is 0.385 bits per heavy atom. The van der Waals surface area contributed by atoms with Gasteiger partial charge in [-0.15, -0.1) is 22.7 Å². The SMILES string of the molecule is CCCCn1c2c([Si](C)(C)C)cc3sc4cc([Si](C)(C)C)c5c6c4c3c2c2c3c(cc([Si](C)(C)C)c21)sc1cc([Si](C)(C)C)c(c6c13)n5CCCC. The van der Waals surface area contributed by atoms with Crippen molar-refractivity contribution >= 4 is 160 Å². The van der Waals surface area contributed by atoms with Crippen molar-refractivity contribution in [3.05, 3.63) is 24.3 Å². The molecule has 0 spiro atoms. The lowest BCUT2D eigenvalue weighted by atomic mass is 9.94. The van der Waals surface area contributed by atoms with E-state index in [1.807, 2.05) is 0 Å². The van der Waals surface area contributed by atoms with E-state index in [1.54, 1.807) is 85.9 Å². The molecule has 272 valence electrons. The summed E-state index contributed by atoms with van der Waals surface area (Å²) in [5, 5.41) is 19.4. The second-order valence-corrected chi connectivity index (χ2v) is 42.6. The third-order valence-corrected chi connectivity index (χ3v) is 22.4. The van der Waals surface area contributed by atoms with Gasteiger partial charge in [0, 0.05) is 97.0 Å². The zero-order chi connectivity index (χ0) is 37.2. The van der Waals surface area contributed by atoms with Gasteiger partial charge in [0.25, 0.3) is 0 Å². The molecule has 0 N–H and O–H groups in total. The summed E-state index contributed by atoms with van der Waals surface area (Å²) in [6, 6.07) is 10.9. The highest BCUT2D eigenvalue weighted by atomic mass is 32.1. The van der Waals surface area contributed by atoms with Gasteiger partial charge in [-0.2, -0.15) is 0 Å². The Hall–Kier alpha value is -2.21. The van der Waals surface area contributed by atoms with Gasteiger partial charge >= 0.3 is 0 Å². The van der Waals surface area contributed by atoms with E-state index in [2.05, 4.69) is 148 Å². The van der Waals surface area contributed by atoms with Crippen molar-refractivity contribution in [2.24, 2.45) is 0 Å². The van der Waals surface area contributed by atoms with Crippen LogP contribution in [-0.4, -0.2) is 41.4 Å². The standard InChI is InChI=1S/C44H58N2S2Si4/c1-15-17-19-45-41-29(49(3,4)5)21-25-33-35-27(47-25)23-31(51(9,10)11)43-39(35)40-36-28(24-32(52(12,13)14)44(40)46(43)20-18-16-2)48-26-22-30(50(6,7)8)42(45)38(34(26)36)37(33)41/h21-24H,15-20H2,1-14H3. The summed E-state index contributed by atoms with van der Waals surface area (Å²) in [6.07, 6.45) is 4.87. The van der Waals surface area contributed by atoms with Crippen molar-refractivity contribution < 1.29 is 0 Å². The number of nitrogens with zero attached hydrogens (tertiary/aromatic N) is 2. The molecule has 0 aliphatic carbocycles. The van der Waals surface area contributed by atoms with Crippen molar-refractivity contribution in [3.8, 4) is 0 Å². The second-order valence-electron chi connectivity index (χ2n) is 20.3. The summed E-state index contributed by atoms with van der Waals surface area (Å²) in [6.45, 7) is 38.1. The van der Waals surface area contributed by atoms with Crippen LogP contribution in [0.3, 0.4) is 0 Å². The number of hydrogen-bond acceptors (Lipinski definition) is 2. The number of thiophene rings is 2. The first-order chi connectivity index (χ1) is 24.3. The van der Waals surface area contributed by atoms with Crippen LogP contribution in [0.1, 0.15) is 39.5 Å². The molecule has 5 aromatic carbocycles. The summed E-state index contributed by atoms with van der Waals surface area (Å²) >= 11 is 4.24. The first-order valence-electron chi connectivity index (χ1n) is 20.1. The molecular weight excluding hydrogens is 733 g/mol. The Labute approximate surface area is 322 Å². The van der Waals surface area contributed by atoms with Crippen LogP contribution in [0, 0.1) is 0 Å². The van der Waals surface area contributed by atoms with Crippen LogP contribution in [0.25, 0.3) is 84.0 Å². The van der Waals surface area contributed by atoms with Gasteiger partial charge in [0.1, 0.15) is 0 Å². The molecular formula is C44H58N2S2Si4. The van der Waals surface area contributed by atoms with Gasteiger partial charge < -0.3 is 9.13 Å². The summed E-state index contributed by atoms with van der Waals surface area (Å²) in [4.78, 5) is 0. The molecule has 0 aliphatic rings. The Morgan fingerprint density at radius 3 is 0.808 bits per heavy atom. The van der Waals surface area contributed by atoms with Crippen LogP contribution in [0.15, 0.2) is 24.3 Å². The molecule has 9 rings (SSSR count). The lowest BCUT2D eigenvalue weighted by Crippen LogP contribution is -2.40. The molecule has 0 saturated heterocycles. The molecule has 0 bridgehead atoms. The molecule has 0 saturated carbocycles. The predicted octanol–water partition coefficient (Wildman–Crippen LogP) is 12.7. The third-order valence-electron chi connectivity index (χ3n) is 12.3. The molecule has 4 aromatic heterocycles. The molecule has 0 radical (unpaired) electrons. The molecule has 8 heteroatoms. The number of aromatic nitrogens is 2. The van der Waals surface area contributed by atoms with E-state index in [0.29, 0.717) is 0 Å². The fraction of sp³-hybridized carbons (Fsp3) is 0.455. The summed E-state index contributed by atoms with van der Waals surface area (Å²) < 4.78 is 11.9. The molecule has 0 fully saturated rings. The first-order valence-corrected chi connectivity index (χ1v) is 35.7. The summed E-state index contributed by atoms with van der Waals surface area (Å²) in [5.41, 5.74) is 6.36. The second kappa shape index (κ2) is 11.2. The first kappa shape index (κ1) is 35.5. The van der Waals surface area contributed by atoms with Crippen LogP contribution in [0.2, 0.25) is 78.6 Å². The minimum absolute atomic E-state index is 1.10. The topological polar surface area (TPSA) is 9.86 Å². The van der Waals surface area contributed by atoms with Gasteiger partial charge in [0.05, 0.1) is 32.3 Å². The highest BCUT2D eigenvalue weighted by Crippen LogP contribution is 2.54. The minimum atomic E-state index is -1.75. The number of benzene rings is 4. The minimum Gasteiger partial charge on any atom is -0.341 e. The largest absolute Gasteiger partial charge is 0.341 e. The maximum absolute atomic E-state index is 2.90. The monoisotopic (exact) mass is 790 g/mol. The van der Waals surface area contributed by atoms with Crippen LogP contribution in [-0.2, 0) is 13.1 Å². The summed E-state index contributed by atoms with van der Waals surface area (Å²) in [7, 11) is -6.99. The highest BCUT2D eigenvalue weighted by Gasteiger charge is 2.37. The molecule has 9 aromatic rings. The highest BCUT2D eigenvalue weighted by molar-refractivity contribution is 7.27. The molecule has 0 atom stereocenters. The molecule has 2 nitrogen and oxygen atoms in total. The van der Waals surface area contributed by atoms with Crippen LogP contribution < -0.4 is 20.7 Å². The summed E-state index contributed by atoms with van der Waals surface area (Å²) in [5.74, 6) is 0. The van der Waals surface area contributed by atoms with E-state index in [0.717, 1.165) is 13.1 Å². The molecule has 0 unspecified atom stereocenters. The molecule has 4 heterocycles. The predicted molar refractivity (Wildman–Crippen MR) is 254 cm³/mol. The number of hydrogen-bond donors (Lipinski definition) is 0. The van der Waals surface area contributed by atoms with Crippen LogP contribution in [0.5, 0.6) is 0 Å². The van der Waals surface area contributed by atoms with Crippen molar-refractivity contribution in [2.75, 3.05) is 0 Å². The van der Waals surface area contributed by atoms with Gasteiger partial charge in [0.15, 0.2) is 0 Å². The zero-order valence-corrected chi connectivity index (χ0v) is 39.9. The smallest absolute Gasteiger partial charge is 0.0804 e. The van der Waals surface area contributed by atoms with Crippen molar-refractivity contribution in [3.63, 3.8) is 0 Å². The average Bonchev–Trinajstić information content (AvgIpc) is 3.75. The zero-order valence-electron chi connectivity index (χ0n) is 34.3. The van der Waals surface area contributed by atoms with E-state index in [1.165, 1.54) is 44.5 Å². The van der Waals surface area contributed by atoms with Crippen LogP contribution in [0.4, 0.5) is 0 Å². The Morgan fingerprint density at radius 2 is 0.615 bits per heavy atom. The van der Waals surface area contributed by atoms with Gasteiger partial charge in [-0.05, 0) is 57.9 Å². The number of unbranched alkanes of at least 4 members (excludes halogenated alkanes) is 2. The fourth-order valence-electron chi connectivity index (χ4n) is 9.83. The van der Waals surface area contributed by atoms with Gasteiger partial charge in [0.2, 0.25) is 0 Å². The maximum atomic E-state index is 2.90. The average molecular weight is 791 g/mol. The van der Waals surface area contributed by atoms with E-state index >= 15 is 0 Å². The van der Waals surface area contributed by atoms with Crippen molar-refractivity contribution in [1.29, 1.82) is 0 Å².